The number of nitrogens with zero attached hydrogens (tertiary/aromatic N) is 1. The van der Waals surface area contributed by atoms with Crippen molar-refractivity contribution < 1.29 is 15.3 Å². The van der Waals surface area contributed by atoms with Gasteiger partial charge in [-0.15, -0.1) is 0 Å². The molecular weight excluding hydrogens is 472 g/mol. The number of halogens is 1. The van der Waals surface area contributed by atoms with Crippen molar-refractivity contribution in [2.75, 3.05) is 14.1 Å². The van der Waals surface area contributed by atoms with Crippen molar-refractivity contribution in [2.45, 2.75) is 82.0 Å². The third-order valence-electron chi connectivity index (χ3n) is 10.0. The largest absolute Gasteiger partial charge is 0.393 e. The Bertz CT molecular complexity index is 1150. The molecule has 1 heterocycles. The predicted molar refractivity (Wildman–Crippen MR) is 146 cm³/mol. The average Bonchev–Trinajstić information content (AvgIpc) is 3.15. The number of fused-ring (bicyclic) bond motifs is 5. The number of benzene rings is 1. The second-order valence-electron chi connectivity index (χ2n) is 12.0. The van der Waals surface area contributed by atoms with Gasteiger partial charge in [-0.1, -0.05) is 36.7 Å². The molecule has 36 heavy (non-hydrogen) atoms. The number of allylic oxidation sites excluding steroid dienone is 2. The van der Waals surface area contributed by atoms with Crippen molar-refractivity contribution in [1.29, 1.82) is 0 Å². The predicted octanol–water partition coefficient (Wildman–Crippen LogP) is 5.35. The van der Waals surface area contributed by atoms with Crippen LogP contribution < -0.4 is 5.32 Å². The number of aliphatic hydroxyl groups is 3. The molecule has 3 fully saturated rings. The zero-order valence-corrected chi connectivity index (χ0v) is 22.6. The molecule has 0 saturated heterocycles. The molecular formula is C30H41ClN2O3. The molecule has 7 atom stereocenters. The summed E-state index contributed by atoms with van der Waals surface area (Å²) in [4.78, 5) is 4.19. The molecule has 4 aliphatic carbocycles. The summed E-state index contributed by atoms with van der Waals surface area (Å²) in [5.41, 5.74) is 0.120. The van der Waals surface area contributed by atoms with Crippen LogP contribution in [0.5, 0.6) is 0 Å². The smallest absolute Gasteiger partial charge is 0.136 e. The van der Waals surface area contributed by atoms with Crippen LogP contribution in [0.3, 0.4) is 0 Å². The molecule has 1 aromatic heterocycles. The van der Waals surface area contributed by atoms with Gasteiger partial charge in [-0.2, -0.15) is 0 Å². The Hall–Kier alpha value is -1.50. The standard InChI is InChI=1S/C28H34ClNO3.C2H7N/c1-26-11-12-27(32)16-20-15-21(31)4-2-17(20)8-10-28(27,33)24(26)7-6-23(26)19-3-5-22-18(14-19)9-13-30-25(22)29;1-3-2/h3,5-6,9,13-14,17,20-21,24,31-33H,2,4,7-8,10-12,15-16H2,1H3;3H,1-2H3/t17?,20?,21?,24?,26?,27?,28-;/m0./s1. The number of rotatable bonds is 1. The fraction of sp³-hybridized carbons (Fsp3) is 0.633. The van der Waals surface area contributed by atoms with Crippen LogP contribution in [0.25, 0.3) is 16.3 Å². The van der Waals surface area contributed by atoms with Crippen LogP contribution in [0.1, 0.15) is 70.3 Å². The molecule has 0 aliphatic heterocycles. The SMILES string of the molecule is CC12CCC3(O)CC4CC(O)CCC4CC[C@]3(O)C1CC=C2c1ccc2c(Cl)nccc2c1.CNC. The maximum absolute atomic E-state index is 12.3. The second-order valence-corrected chi connectivity index (χ2v) is 12.4. The highest BCUT2D eigenvalue weighted by atomic mass is 35.5. The minimum Gasteiger partial charge on any atom is -0.393 e. The molecule has 1 aromatic carbocycles. The van der Waals surface area contributed by atoms with Crippen molar-refractivity contribution in [3.8, 4) is 0 Å². The van der Waals surface area contributed by atoms with Crippen LogP contribution in [0, 0.1) is 23.2 Å². The van der Waals surface area contributed by atoms with Crippen LogP contribution in [0.4, 0.5) is 0 Å². The van der Waals surface area contributed by atoms with E-state index in [4.69, 9.17) is 11.6 Å². The summed E-state index contributed by atoms with van der Waals surface area (Å²) in [7, 11) is 3.75. The molecule has 6 unspecified atom stereocenters. The molecule has 0 radical (unpaired) electrons. The van der Waals surface area contributed by atoms with Crippen LogP contribution in [0.2, 0.25) is 5.15 Å². The lowest BCUT2D eigenvalue weighted by Gasteiger charge is -2.57. The van der Waals surface area contributed by atoms with Crippen LogP contribution in [0.15, 0.2) is 36.5 Å². The summed E-state index contributed by atoms with van der Waals surface area (Å²) < 4.78 is 0. The first-order chi connectivity index (χ1) is 17.1. The summed E-state index contributed by atoms with van der Waals surface area (Å²) in [6.07, 6.45) is 10.9. The van der Waals surface area contributed by atoms with Gasteiger partial charge in [0.2, 0.25) is 0 Å². The first-order valence-corrected chi connectivity index (χ1v) is 14.0. The first-order valence-electron chi connectivity index (χ1n) is 13.6. The molecule has 2 aromatic rings. The summed E-state index contributed by atoms with van der Waals surface area (Å²) in [5.74, 6) is 0.816. The number of nitrogens with one attached hydrogen (secondary N) is 1. The second kappa shape index (κ2) is 9.67. The highest BCUT2D eigenvalue weighted by molar-refractivity contribution is 6.34. The van der Waals surface area contributed by atoms with E-state index in [1.54, 1.807) is 6.20 Å². The zero-order valence-electron chi connectivity index (χ0n) is 21.8. The molecule has 6 heteroatoms. The van der Waals surface area contributed by atoms with Crippen molar-refractivity contribution in [1.82, 2.24) is 10.3 Å². The Kier molecular flexibility index (Phi) is 7.01. The Morgan fingerprint density at radius 3 is 2.58 bits per heavy atom. The van der Waals surface area contributed by atoms with E-state index in [0.29, 0.717) is 36.3 Å². The summed E-state index contributed by atoms with van der Waals surface area (Å²) in [5, 5.41) is 39.8. The minimum absolute atomic E-state index is 0.000511. The van der Waals surface area contributed by atoms with E-state index in [2.05, 4.69) is 35.4 Å². The fourth-order valence-electron chi connectivity index (χ4n) is 8.17. The van der Waals surface area contributed by atoms with Gasteiger partial charge in [-0.05, 0) is 118 Å². The first kappa shape index (κ1) is 26.1. The van der Waals surface area contributed by atoms with Gasteiger partial charge >= 0.3 is 0 Å². The number of hydrogen-bond donors (Lipinski definition) is 4. The van der Waals surface area contributed by atoms with Gasteiger partial charge in [0, 0.05) is 17.5 Å². The van der Waals surface area contributed by atoms with E-state index in [0.717, 1.165) is 49.3 Å². The van der Waals surface area contributed by atoms with E-state index in [1.807, 2.05) is 26.2 Å². The maximum atomic E-state index is 12.3. The number of hydrogen-bond acceptors (Lipinski definition) is 5. The van der Waals surface area contributed by atoms with Gasteiger partial charge in [0.25, 0.3) is 0 Å². The number of aromatic nitrogens is 1. The molecule has 196 valence electrons. The summed E-state index contributed by atoms with van der Waals surface area (Å²) >= 11 is 6.29. The zero-order chi connectivity index (χ0) is 25.7. The summed E-state index contributed by atoms with van der Waals surface area (Å²) in [6, 6.07) is 8.36. The van der Waals surface area contributed by atoms with Crippen LogP contribution >= 0.6 is 11.6 Å². The Morgan fingerprint density at radius 2 is 1.81 bits per heavy atom. The highest BCUT2D eigenvalue weighted by Crippen LogP contribution is 2.65. The Labute approximate surface area is 220 Å². The van der Waals surface area contributed by atoms with Gasteiger partial charge in [-0.25, -0.2) is 4.98 Å². The average molecular weight is 513 g/mol. The molecule has 5 nitrogen and oxygen atoms in total. The lowest BCUT2D eigenvalue weighted by Crippen LogP contribution is -2.64. The normalized spacial score (nSPS) is 39.7. The third-order valence-corrected chi connectivity index (χ3v) is 10.3. The van der Waals surface area contributed by atoms with Gasteiger partial charge in [0.1, 0.15) is 5.15 Å². The van der Waals surface area contributed by atoms with E-state index in [9.17, 15) is 15.3 Å². The molecule has 4 N–H and O–H groups in total. The van der Waals surface area contributed by atoms with Crippen molar-refractivity contribution in [2.24, 2.45) is 23.2 Å². The van der Waals surface area contributed by atoms with Crippen LogP contribution in [-0.4, -0.2) is 51.7 Å². The molecule has 0 bridgehead atoms. The Balaban J connectivity index is 0.000000848. The van der Waals surface area contributed by atoms with E-state index in [-0.39, 0.29) is 17.4 Å². The molecule has 4 aliphatic rings. The van der Waals surface area contributed by atoms with Gasteiger partial charge < -0.3 is 20.6 Å². The molecule has 0 spiro atoms. The molecule has 0 amide bonds. The van der Waals surface area contributed by atoms with E-state index in [1.165, 1.54) is 11.1 Å². The quantitative estimate of drug-likeness (QED) is 0.387. The fourth-order valence-corrected chi connectivity index (χ4v) is 8.40. The third kappa shape index (κ3) is 4.12. The number of pyridine rings is 1. The van der Waals surface area contributed by atoms with Gasteiger partial charge in [-0.3, -0.25) is 0 Å². The minimum atomic E-state index is -1.09. The Morgan fingerprint density at radius 1 is 1.03 bits per heavy atom. The summed E-state index contributed by atoms with van der Waals surface area (Å²) in [6.45, 7) is 2.29. The van der Waals surface area contributed by atoms with Crippen molar-refractivity contribution in [3.63, 3.8) is 0 Å². The monoisotopic (exact) mass is 512 g/mol. The maximum Gasteiger partial charge on any atom is 0.136 e. The lowest BCUT2D eigenvalue weighted by molar-refractivity contribution is -0.228. The number of aliphatic hydroxyl groups excluding tert-OH is 1. The van der Waals surface area contributed by atoms with Crippen molar-refractivity contribution in [3.05, 3.63) is 47.3 Å². The van der Waals surface area contributed by atoms with Crippen LogP contribution in [-0.2, 0) is 0 Å². The van der Waals surface area contributed by atoms with Crippen molar-refractivity contribution >= 4 is 27.9 Å². The van der Waals surface area contributed by atoms with E-state index < -0.39 is 11.2 Å². The topological polar surface area (TPSA) is 85.6 Å². The molecule has 3 saturated carbocycles. The highest BCUT2D eigenvalue weighted by Gasteiger charge is 2.65. The lowest BCUT2D eigenvalue weighted by atomic mass is 9.52. The molecule has 6 rings (SSSR count). The van der Waals surface area contributed by atoms with Gasteiger partial charge in [0.05, 0.1) is 17.3 Å². The van der Waals surface area contributed by atoms with Gasteiger partial charge in [0.15, 0.2) is 0 Å². The van der Waals surface area contributed by atoms with E-state index >= 15 is 0 Å².